The van der Waals surface area contributed by atoms with Crippen molar-refractivity contribution in [1.29, 1.82) is 0 Å². The SMILES string of the molecule is CCCCN1C(=S)SC(C)(C)[C@H]1/[N+]([O-])=C/c1c(F)cccc1Cl. The number of halogens is 2. The second kappa shape index (κ2) is 7.36. The Morgan fingerprint density at radius 1 is 1.52 bits per heavy atom. The van der Waals surface area contributed by atoms with Crippen molar-refractivity contribution in [1.82, 2.24) is 4.90 Å². The monoisotopic (exact) mass is 374 g/mol. The van der Waals surface area contributed by atoms with E-state index in [1.165, 1.54) is 30.1 Å². The zero-order valence-corrected chi connectivity index (χ0v) is 15.8. The molecule has 1 atom stereocenters. The lowest BCUT2D eigenvalue weighted by atomic mass is 10.1. The van der Waals surface area contributed by atoms with Gasteiger partial charge in [-0.3, -0.25) is 4.90 Å². The van der Waals surface area contributed by atoms with Gasteiger partial charge in [-0.25, -0.2) is 4.39 Å². The van der Waals surface area contributed by atoms with E-state index >= 15 is 0 Å². The molecule has 0 N–H and O–H groups in total. The average molecular weight is 375 g/mol. The highest BCUT2D eigenvalue weighted by Crippen LogP contribution is 2.41. The molecule has 1 aliphatic rings. The molecular formula is C16H20ClFN2OS2. The molecular weight excluding hydrogens is 355 g/mol. The predicted molar refractivity (Wildman–Crippen MR) is 99.9 cm³/mol. The van der Waals surface area contributed by atoms with Crippen LogP contribution in [0.1, 0.15) is 39.2 Å². The van der Waals surface area contributed by atoms with E-state index in [1.807, 2.05) is 18.7 Å². The zero-order chi connectivity index (χ0) is 17.2. The van der Waals surface area contributed by atoms with Gasteiger partial charge in [0.2, 0.25) is 0 Å². The van der Waals surface area contributed by atoms with Crippen LogP contribution in [0.4, 0.5) is 4.39 Å². The van der Waals surface area contributed by atoms with E-state index < -0.39 is 12.0 Å². The highest BCUT2D eigenvalue weighted by atomic mass is 35.5. The molecule has 7 heteroatoms. The van der Waals surface area contributed by atoms with E-state index in [9.17, 15) is 9.60 Å². The molecule has 1 aliphatic heterocycles. The van der Waals surface area contributed by atoms with Crippen molar-refractivity contribution in [2.24, 2.45) is 0 Å². The molecule has 0 unspecified atom stereocenters. The van der Waals surface area contributed by atoms with Crippen molar-refractivity contribution in [2.75, 3.05) is 6.54 Å². The van der Waals surface area contributed by atoms with Crippen LogP contribution in [0.25, 0.3) is 0 Å². The van der Waals surface area contributed by atoms with Crippen LogP contribution in [-0.2, 0) is 0 Å². The summed E-state index contributed by atoms with van der Waals surface area (Å²) in [5.74, 6) is -0.510. The van der Waals surface area contributed by atoms with Crippen LogP contribution in [0.5, 0.6) is 0 Å². The molecule has 0 aliphatic carbocycles. The number of unbranched alkanes of at least 4 members (excludes halogenated alkanes) is 1. The summed E-state index contributed by atoms with van der Waals surface area (Å²) in [7, 11) is 0. The van der Waals surface area contributed by atoms with Crippen molar-refractivity contribution < 1.29 is 9.13 Å². The van der Waals surface area contributed by atoms with Crippen LogP contribution in [0, 0.1) is 11.0 Å². The molecule has 1 fully saturated rings. The summed E-state index contributed by atoms with van der Waals surface area (Å²) in [4.78, 5) is 1.93. The maximum absolute atomic E-state index is 13.9. The van der Waals surface area contributed by atoms with Gasteiger partial charge in [-0.15, -0.1) is 0 Å². The second-order valence-corrected chi connectivity index (χ2v) is 8.71. The maximum atomic E-state index is 13.9. The van der Waals surface area contributed by atoms with Gasteiger partial charge < -0.3 is 5.21 Å². The van der Waals surface area contributed by atoms with Crippen molar-refractivity contribution in [2.45, 2.75) is 44.5 Å². The van der Waals surface area contributed by atoms with Gasteiger partial charge in [-0.1, -0.05) is 55.0 Å². The van der Waals surface area contributed by atoms with Crippen LogP contribution in [0.2, 0.25) is 5.02 Å². The summed E-state index contributed by atoms with van der Waals surface area (Å²) in [6.07, 6.45) is 2.71. The minimum atomic E-state index is -0.510. The lowest BCUT2D eigenvalue weighted by Gasteiger charge is -2.29. The van der Waals surface area contributed by atoms with Crippen LogP contribution in [0.15, 0.2) is 18.2 Å². The Kier molecular flexibility index (Phi) is 5.92. The van der Waals surface area contributed by atoms with E-state index in [1.54, 1.807) is 6.07 Å². The van der Waals surface area contributed by atoms with E-state index in [2.05, 4.69) is 6.92 Å². The van der Waals surface area contributed by atoms with Gasteiger partial charge in [0.25, 0.3) is 6.17 Å². The smallest absolute Gasteiger partial charge is 0.254 e. The van der Waals surface area contributed by atoms with E-state index in [4.69, 9.17) is 23.8 Å². The van der Waals surface area contributed by atoms with Crippen molar-refractivity contribution in [3.05, 3.63) is 39.8 Å². The normalized spacial score (nSPS) is 21.1. The Labute approximate surface area is 151 Å². The van der Waals surface area contributed by atoms with Gasteiger partial charge in [-0.05, 0) is 32.4 Å². The molecule has 0 aromatic heterocycles. The van der Waals surface area contributed by atoms with E-state index in [0.717, 1.165) is 17.6 Å². The van der Waals surface area contributed by atoms with Crippen LogP contribution in [0.3, 0.4) is 0 Å². The third kappa shape index (κ3) is 3.98. The fraction of sp³-hybridized carbons (Fsp3) is 0.500. The standard InChI is InChI=1S/C16H20ClFN2OS2/c1-4-5-9-19-14(16(2,3)23-15(19)22)20(21)10-11-12(17)7-6-8-13(11)18/h6-8,10,14H,4-5,9H2,1-3H3/b20-10-/t14-/m1/s1. The molecule has 1 heterocycles. The first kappa shape index (κ1) is 18.5. The topological polar surface area (TPSA) is 29.3 Å². The Morgan fingerprint density at radius 2 is 2.22 bits per heavy atom. The zero-order valence-electron chi connectivity index (χ0n) is 13.4. The number of thiocarbonyl (C=S) groups is 1. The van der Waals surface area contributed by atoms with Crippen LogP contribution < -0.4 is 0 Å². The first-order chi connectivity index (χ1) is 10.8. The molecule has 0 radical (unpaired) electrons. The summed E-state index contributed by atoms with van der Waals surface area (Å²) in [6.45, 7) is 6.76. The number of hydroxylamine groups is 1. The molecule has 2 rings (SSSR count). The van der Waals surface area contributed by atoms with Crippen LogP contribution >= 0.6 is 35.6 Å². The number of hydrogen-bond donors (Lipinski definition) is 0. The molecule has 1 saturated heterocycles. The summed E-state index contributed by atoms with van der Waals surface area (Å²) < 4.78 is 15.0. The first-order valence-corrected chi connectivity index (χ1v) is 9.12. The molecule has 0 amide bonds. The van der Waals surface area contributed by atoms with Gasteiger partial charge in [0, 0.05) is 6.54 Å². The molecule has 23 heavy (non-hydrogen) atoms. The molecule has 0 bridgehead atoms. The highest BCUT2D eigenvalue weighted by Gasteiger charge is 2.50. The number of thioether (sulfide) groups is 1. The molecule has 1 aromatic rings. The fourth-order valence-corrected chi connectivity index (χ4v) is 4.77. The molecule has 3 nitrogen and oxygen atoms in total. The quantitative estimate of drug-likeness (QED) is 0.247. The summed E-state index contributed by atoms with van der Waals surface area (Å²) >= 11 is 12.9. The van der Waals surface area contributed by atoms with Crippen molar-refractivity contribution >= 4 is 46.1 Å². The van der Waals surface area contributed by atoms with Crippen molar-refractivity contribution in [3.8, 4) is 0 Å². The molecule has 0 spiro atoms. The number of hydrogen-bond acceptors (Lipinski definition) is 3. The predicted octanol–water partition coefficient (Wildman–Crippen LogP) is 4.65. The Bertz CT molecular complexity index is 616. The number of benzene rings is 1. The van der Waals surface area contributed by atoms with Gasteiger partial charge in [0.15, 0.2) is 6.21 Å². The Hall–Kier alpha value is -0.850. The van der Waals surface area contributed by atoms with E-state index in [-0.39, 0.29) is 15.3 Å². The summed E-state index contributed by atoms with van der Waals surface area (Å²) in [5, 5.41) is 13.0. The van der Waals surface area contributed by atoms with Gasteiger partial charge in [-0.2, -0.15) is 4.74 Å². The number of rotatable bonds is 5. The Morgan fingerprint density at radius 3 is 2.83 bits per heavy atom. The van der Waals surface area contributed by atoms with E-state index in [0.29, 0.717) is 10.9 Å². The Balaban J connectivity index is 2.39. The highest BCUT2D eigenvalue weighted by molar-refractivity contribution is 8.24. The molecule has 1 aromatic carbocycles. The summed E-state index contributed by atoms with van der Waals surface area (Å²) in [6, 6.07) is 4.38. The minimum Gasteiger partial charge on any atom is -0.622 e. The second-order valence-electron chi connectivity index (χ2n) is 6.02. The average Bonchev–Trinajstić information content (AvgIpc) is 2.69. The van der Waals surface area contributed by atoms with Gasteiger partial charge in [0.1, 0.15) is 14.9 Å². The third-order valence-electron chi connectivity index (χ3n) is 3.75. The largest absolute Gasteiger partial charge is 0.622 e. The number of nitrogens with zero attached hydrogens (tertiary/aromatic N) is 2. The minimum absolute atomic E-state index is 0.109. The first-order valence-electron chi connectivity index (χ1n) is 7.52. The maximum Gasteiger partial charge on any atom is 0.254 e. The lowest BCUT2D eigenvalue weighted by molar-refractivity contribution is -0.523. The third-order valence-corrected chi connectivity index (χ3v) is 5.71. The van der Waals surface area contributed by atoms with Crippen molar-refractivity contribution in [3.63, 3.8) is 0 Å². The molecule has 0 saturated carbocycles. The molecule has 126 valence electrons. The summed E-state index contributed by atoms with van der Waals surface area (Å²) in [5.41, 5.74) is 0.109. The lowest BCUT2D eigenvalue weighted by Crippen LogP contribution is -2.48. The van der Waals surface area contributed by atoms with Crippen LogP contribution in [-0.4, -0.2) is 37.6 Å². The van der Waals surface area contributed by atoms with Gasteiger partial charge >= 0.3 is 0 Å². The van der Waals surface area contributed by atoms with Gasteiger partial charge in [0.05, 0.1) is 10.6 Å². The fourth-order valence-electron chi connectivity index (χ4n) is 2.63.